The number of ether oxygens (including phenoxy) is 1. The first-order chi connectivity index (χ1) is 10.8. The van der Waals surface area contributed by atoms with E-state index in [1.165, 1.54) is 0 Å². The Labute approximate surface area is 129 Å². The van der Waals surface area contributed by atoms with Gasteiger partial charge in [0.2, 0.25) is 0 Å². The predicted octanol–water partition coefficient (Wildman–Crippen LogP) is 4.46. The van der Waals surface area contributed by atoms with Gasteiger partial charge in [-0.05, 0) is 11.6 Å². The normalized spacial score (nSPS) is 20.5. The summed E-state index contributed by atoms with van der Waals surface area (Å²) in [5.74, 6) is 1.91. The molecule has 0 spiro atoms. The number of hydrogen-bond acceptors (Lipinski definition) is 2. The third-order valence-corrected chi connectivity index (χ3v) is 4.26. The van der Waals surface area contributed by atoms with E-state index in [2.05, 4.69) is 18.2 Å². The van der Waals surface area contributed by atoms with E-state index >= 15 is 0 Å². The topological polar surface area (TPSA) is 26.3 Å². The van der Waals surface area contributed by atoms with E-state index in [0.29, 0.717) is 12.8 Å². The van der Waals surface area contributed by atoms with Gasteiger partial charge in [0.1, 0.15) is 11.5 Å². The fourth-order valence-corrected chi connectivity index (χ4v) is 3.19. The monoisotopic (exact) mass is 288 g/mol. The zero-order valence-electron chi connectivity index (χ0n) is 12.2. The van der Waals surface area contributed by atoms with E-state index < -0.39 is 0 Å². The molecule has 0 saturated carbocycles. The van der Waals surface area contributed by atoms with E-state index in [9.17, 15) is 4.79 Å². The van der Waals surface area contributed by atoms with Crippen molar-refractivity contribution in [1.82, 2.24) is 0 Å². The lowest BCUT2D eigenvalue weighted by Crippen LogP contribution is -2.12. The molecule has 1 aliphatic carbocycles. The Balaban J connectivity index is 1.82. The lowest BCUT2D eigenvalue weighted by Gasteiger charge is -2.24. The largest absolute Gasteiger partial charge is 0.461 e. The zero-order valence-corrected chi connectivity index (χ0v) is 12.2. The second-order valence-corrected chi connectivity index (χ2v) is 5.65. The zero-order chi connectivity index (χ0) is 14.9. The van der Waals surface area contributed by atoms with Gasteiger partial charge in [0.05, 0.1) is 0 Å². The minimum Gasteiger partial charge on any atom is -0.461 e. The Hall–Kier alpha value is -2.61. The molecule has 1 heterocycles. The van der Waals surface area contributed by atoms with Gasteiger partial charge < -0.3 is 4.74 Å². The van der Waals surface area contributed by atoms with Crippen LogP contribution in [0, 0.1) is 0 Å². The van der Waals surface area contributed by atoms with Crippen LogP contribution in [-0.2, 0) is 9.53 Å². The molecule has 1 unspecified atom stereocenters. The Morgan fingerprint density at radius 2 is 1.55 bits per heavy atom. The van der Waals surface area contributed by atoms with Crippen molar-refractivity contribution in [3.8, 4) is 0 Å². The standard InChI is InChI=1S/C20H16O2/c21-17-11-12-18-20(17)16(14-7-3-1-4-8-14)13-19(22-18)15-9-5-2-6-10-15/h1-10,13,16H,11-12H2. The van der Waals surface area contributed by atoms with Crippen molar-refractivity contribution in [3.63, 3.8) is 0 Å². The molecule has 0 radical (unpaired) electrons. The van der Waals surface area contributed by atoms with Crippen LogP contribution in [0.5, 0.6) is 0 Å². The molecular formula is C20H16O2. The highest BCUT2D eigenvalue weighted by molar-refractivity contribution is 6.01. The number of benzene rings is 2. The Morgan fingerprint density at radius 1 is 0.864 bits per heavy atom. The first-order valence-corrected chi connectivity index (χ1v) is 7.59. The number of Topliss-reactive ketones (excluding diaryl/α,β-unsaturated/α-hetero) is 1. The van der Waals surface area contributed by atoms with E-state index in [-0.39, 0.29) is 11.7 Å². The average Bonchev–Trinajstić information content (AvgIpc) is 2.97. The van der Waals surface area contributed by atoms with Crippen molar-refractivity contribution in [2.24, 2.45) is 0 Å². The maximum absolute atomic E-state index is 12.3. The summed E-state index contributed by atoms with van der Waals surface area (Å²) in [6.45, 7) is 0. The summed E-state index contributed by atoms with van der Waals surface area (Å²) < 4.78 is 6.04. The molecule has 108 valence electrons. The molecule has 2 aromatic rings. The van der Waals surface area contributed by atoms with E-state index in [4.69, 9.17) is 4.74 Å². The Kier molecular flexibility index (Phi) is 3.15. The minimum absolute atomic E-state index is 0.00449. The molecule has 4 rings (SSSR count). The van der Waals surface area contributed by atoms with Crippen LogP contribution in [0.1, 0.15) is 29.9 Å². The fraction of sp³-hybridized carbons (Fsp3) is 0.150. The van der Waals surface area contributed by atoms with Gasteiger partial charge in [-0.1, -0.05) is 60.7 Å². The molecule has 0 bridgehead atoms. The number of carbonyl (C=O) groups excluding carboxylic acids is 1. The lowest BCUT2D eigenvalue weighted by atomic mass is 9.87. The van der Waals surface area contributed by atoms with Crippen LogP contribution in [0.15, 0.2) is 78.1 Å². The van der Waals surface area contributed by atoms with Gasteiger partial charge in [-0.3, -0.25) is 4.79 Å². The van der Waals surface area contributed by atoms with Crippen molar-refractivity contribution in [2.45, 2.75) is 18.8 Å². The molecule has 2 heteroatoms. The summed E-state index contributed by atoms with van der Waals surface area (Å²) in [4.78, 5) is 12.3. The second kappa shape index (κ2) is 5.30. The smallest absolute Gasteiger partial charge is 0.163 e. The molecule has 22 heavy (non-hydrogen) atoms. The van der Waals surface area contributed by atoms with Crippen molar-refractivity contribution < 1.29 is 9.53 Å². The molecule has 0 saturated heterocycles. The van der Waals surface area contributed by atoms with Gasteiger partial charge in [-0.15, -0.1) is 0 Å². The molecular weight excluding hydrogens is 272 g/mol. The second-order valence-electron chi connectivity index (χ2n) is 5.65. The summed E-state index contributed by atoms with van der Waals surface area (Å²) in [5, 5.41) is 0. The lowest BCUT2D eigenvalue weighted by molar-refractivity contribution is -0.115. The number of ketones is 1. The van der Waals surface area contributed by atoms with Crippen LogP contribution in [0.2, 0.25) is 0 Å². The van der Waals surface area contributed by atoms with Gasteiger partial charge in [-0.2, -0.15) is 0 Å². The van der Waals surface area contributed by atoms with Crippen LogP contribution >= 0.6 is 0 Å². The van der Waals surface area contributed by atoms with Gasteiger partial charge in [0, 0.05) is 29.9 Å². The van der Waals surface area contributed by atoms with E-state index in [1.54, 1.807) is 0 Å². The van der Waals surface area contributed by atoms with Crippen LogP contribution in [-0.4, -0.2) is 5.78 Å². The van der Waals surface area contributed by atoms with Crippen LogP contribution in [0.25, 0.3) is 5.76 Å². The summed E-state index contributed by atoms with van der Waals surface area (Å²) >= 11 is 0. The predicted molar refractivity (Wildman–Crippen MR) is 86.0 cm³/mol. The van der Waals surface area contributed by atoms with Gasteiger partial charge in [0.25, 0.3) is 0 Å². The molecule has 0 aromatic heterocycles. The number of rotatable bonds is 2. The van der Waals surface area contributed by atoms with Crippen molar-refractivity contribution >= 4 is 11.5 Å². The van der Waals surface area contributed by atoms with Gasteiger partial charge in [-0.25, -0.2) is 0 Å². The molecule has 0 fully saturated rings. The quantitative estimate of drug-likeness (QED) is 0.815. The third-order valence-electron chi connectivity index (χ3n) is 4.26. The van der Waals surface area contributed by atoms with Crippen LogP contribution in [0.3, 0.4) is 0 Å². The summed E-state index contributed by atoms with van der Waals surface area (Å²) in [6, 6.07) is 20.2. The van der Waals surface area contributed by atoms with Crippen LogP contribution in [0.4, 0.5) is 0 Å². The minimum atomic E-state index is -0.00449. The first-order valence-electron chi connectivity index (χ1n) is 7.59. The number of carbonyl (C=O) groups is 1. The number of hydrogen-bond donors (Lipinski definition) is 0. The van der Waals surface area contributed by atoms with Crippen molar-refractivity contribution in [1.29, 1.82) is 0 Å². The maximum Gasteiger partial charge on any atom is 0.163 e. The third kappa shape index (κ3) is 2.17. The average molecular weight is 288 g/mol. The highest BCUT2D eigenvalue weighted by atomic mass is 16.5. The Bertz CT molecular complexity index is 770. The van der Waals surface area contributed by atoms with Gasteiger partial charge >= 0.3 is 0 Å². The first kappa shape index (κ1) is 13.1. The molecule has 1 atom stereocenters. The highest BCUT2D eigenvalue weighted by Gasteiger charge is 2.35. The van der Waals surface area contributed by atoms with Crippen molar-refractivity contribution in [3.05, 3.63) is 89.2 Å². The van der Waals surface area contributed by atoms with Crippen LogP contribution < -0.4 is 0 Å². The molecule has 2 nitrogen and oxygen atoms in total. The van der Waals surface area contributed by atoms with Gasteiger partial charge in [0.15, 0.2) is 5.78 Å². The molecule has 1 aliphatic heterocycles. The number of allylic oxidation sites excluding steroid dienone is 3. The van der Waals surface area contributed by atoms with E-state index in [1.807, 2.05) is 48.5 Å². The molecule has 2 aliphatic rings. The SMILES string of the molecule is O=C1CCC2=C1C(c1ccccc1)C=C(c1ccccc1)O2. The Morgan fingerprint density at radius 3 is 2.27 bits per heavy atom. The molecule has 0 N–H and O–H groups in total. The maximum atomic E-state index is 12.3. The molecule has 0 amide bonds. The highest BCUT2D eigenvalue weighted by Crippen LogP contribution is 2.43. The summed E-state index contributed by atoms with van der Waals surface area (Å²) in [6.07, 6.45) is 3.35. The summed E-state index contributed by atoms with van der Waals surface area (Å²) in [7, 11) is 0. The molecule has 2 aromatic carbocycles. The fourth-order valence-electron chi connectivity index (χ4n) is 3.19. The summed E-state index contributed by atoms with van der Waals surface area (Å²) in [5.41, 5.74) is 3.03. The van der Waals surface area contributed by atoms with E-state index in [0.717, 1.165) is 28.2 Å². The van der Waals surface area contributed by atoms with Crippen molar-refractivity contribution in [2.75, 3.05) is 0 Å².